The number of hydrogen-bond acceptors (Lipinski definition) is 13. The zero-order valence-corrected chi connectivity index (χ0v) is 23.7. The lowest BCUT2D eigenvalue weighted by Gasteiger charge is -2.46. The number of carbonyl (C=O) groups excluding carboxylic acids is 6. The highest BCUT2D eigenvalue weighted by Gasteiger charge is 2.63. The summed E-state index contributed by atoms with van der Waals surface area (Å²) in [7, 11) is 1.15. The van der Waals surface area contributed by atoms with Gasteiger partial charge in [-0.1, -0.05) is 29.5 Å². The van der Waals surface area contributed by atoms with Gasteiger partial charge in [0.1, 0.15) is 24.9 Å². The average molecular weight is 582 g/mol. The van der Waals surface area contributed by atoms with E-state index in [2.05, 4.69) is 0 Å². The molecule has 2 fully saturated rings. The Labute approximate surface area is 234 Å². The van der Waals surface area contributed by atoms with Crippen molar-refractivity contribution in [3.63, 3.8) is 0 Å². The van der Waals surface area contributed by atoms with Gasteiger partial charge < -0.3 is 28.4 Å². The van der Waals surface area contributed by atoms with Crippen LogP contribution in [-0.4, -0.2) is 89.9 Å². The molecule has 2 saturated heterocycles. The largest absolute Gasteiger partial charge is 0.466 e. The number of benzene rings is 1. The lowest BCUT2D eigenvalue weighted by Crippen LogP contribution is -2.65. The van der Waals surface area contributed by atoms with Crippen molar-refractivity contribution >= 4 is 47.6 Å². The monoisotopic (exact) mass is 581 g/mol. The van der Waals surface area contributed by atoms with E-state index < -0.39 is 77.9 Å². The molecule has 1 aromatic rings. The first-order valence-corrected chi connectivity index (χ1v) is 13.1. The molecule has 2 aliphatic rings. The van der Waals surface area contributed by atoms with Crippen LogP contribution >= 0.6 is 11.8 Å². The molecule has 0 radical (unpaired) electrons. The maximum absolute atomic E-state index is 13.3. The molecule has 0 bridgehead atoms. The van der Waals surface area contributed by atoms with Crippen molar-refractivity contribution in [2.75, 3.05) is 13.7 Å². The molecule has 2 aliphatic heterocycles. The van der Waals surface area contributed by atoms with Gasteiger partial charge in [-0.3, -0.25) is 19.2 Å². The van der Waals surface area contributed by atoms with E-state index in [1.54, 1.807) is 12.1 Å². The van der Waals surface area contributed by atoms with Gasteiger partial charge in [0.05, 0.1) is 7.11 Å². The number of hydrogen-bond donors (Lipinski definition) is 0. The zero-order chi connectivity index (χ0) is 29.8. The van der Waals surface area contributed by atoms with E-state index in [0.29, 0.717) is 4.90 Å². The van der Waals surface area contributed by atoms with Crippen LogP contribution in [-0.2, 0) is 52.4 Å². The number of imide groups is 1. The highest BCUT2D eigenvalue weighted by Crippen LogP contribution is 2.48. The van der Waals surface area contributed by atoms with Gasteiger partial charge in [0.2, 0.25) is 10.8 Å². The van der Waals surface area contributed by atoms with E-state index in [4.69, 9.17) is 28.4 Å². The smallest absolute Gasteiger partial charge is 0.417 e. The molecule has 3 rings (SSSR count). The van der Waals surface area contributed by atoms with Crippen LogP contribution in [0.2, 0.25) is 0 Å². The summed E-state index contributed by atoms with van der Waals surface area (Å²) in [4.78, 5) is 74.1. The number of nitrogens with zero attached hydrogens (tertiary/aromatic N) is 1. The highest BCUT2D eigenvalue weighted by atomic mass is 32.2. The lowest BCUT2D eigenvalue weighted by molar-refractivity contribution is -0.219. The van der Waals surface area contributed by atoms with Gasteiger partial charge in [0, 0.05) is 39.0 Å². The molecular weight excluding hydrogens is 550 g/mol. The Morgan fingerprint density at radius 2 is 1.65 bits per heavy atom. The van der Waals surface area contributed by atoms with Gasteiger partial charge >= 0.3 is 30.0 Å². The third kappa shape index (κ3) is 6.91. The minimum Gasteiger partial charge on any atom is -0.466 e. The molecule has 0 aliphatic carbocycles. The Balaban J connectivity index is 2.18. The van der Waals surface area contributed by atoms with E-state index in [1.807, 2.05) is 19.1 Å². The number of methoxy groups -OCH3 is 1. The fourth-order valence-corrected chi connectivity index (χ4v) is 5.84. The molecule has 218 valence electrons. The van der Waals surface area contributed by atoms with Crippen LogP contribution in [0, 0.1) is 6.92 Å². The van der Waals surface area contributed by atoms with Gasteiger partial charge in [-0.25, -0.2) is 14.5 Å². The van der Waals surface area contributed by atoms with E-state index >= 15 is 0 Å². The quantitative estimate of drug-likeness (QED) is 0.307. The molecule has 0 saturated carbocycles. The van der Waals surface area contributed by atoms with E-state index in [1.165, 1.54) is 0 Å². The topological polar surface area (TPSA) is 161 Å². The van der Waals surface area contributed by atoms with Gasteiger partial charge in [-0.05, 0) is 19.1 Å². The average Bonchev–Trinajstić information content (AvgIpc) is 3.20. The normalized spacial score (nSPS) is 25.1. The molecule has 1 unspecified atom stereocenters. The number of amides is 2. The SMILES string of the molecule is COC(=O)[C@@]1(Sc2ccc(C)cc2)C[C@H]2OC(=O)N(C(C)=O)[C@H]2C([C@H](OC(C)=O)[C@@H](COC(C)=O)OC(C)=O)O1. The van der Waals surface area contributed by atoms with Crippen LogP contribution in [0.5, 0.6) is 0 Å². The van der Waals surface area contributed by atoms with E-state index in [-0.39, 0.29) is 6.42 Å². The first-order valence-electron chi connectivity index (χ1n) is 12.3. The van der Waals surface area contributed by atoms with Crippen molar-refractivity contribution < 1.29 is 57.2 Å². The molecule has 2 amide bonds. The summed E-state index contributed by atoms with van der Waals surface area (Å²) < 4.78 is 32.9. The number of aryl methyl sites for hydroxylation is 1. The van der Waals surface area contributed by atoms with Crippen LogP contribution < -0.4 is 0 Å². The van der Waals surface area contributed by atoms with Crippen molar-refractivity contribution in [2.45, 2.75) is 81.3 Å². The summed E-state index contributed by atoms with van der Waals surface area (Å²) >= 11 is 0.972. The molecule has 0 spiro atoms. The first-order chi connectivity index (χ1) is 18.8. The fourth-order valence-electron chi connectivity index (χ4n) is 4.61. The van der Waals surface area contributed by atoms with E-state index in [9.17, 15) is 28.8 Å². The Hall–Kier alpha value is -3.65. The summed E-state index contributed by atoms with van der Waals surface area (Å²) in [5.41, 5.74) is 0.963. The molecule has 14 heteroatoms. The Morgan fingerprint density at radius 3 is 2.17 bits per heavy atom. The lowest BCUT2D eigenvalue weighted by atomic mass is 9.89. The van der Waals surface area contributed by atoms with Gasteiger partial charge in [-0.2, -0.15) is 0 Å². The van der Waals surface area contributed by atoms with Gasteiger partial charge in [-0.15, -0.1) is 0 Å². The predicted octanol–water partition coefficient (Wildman–Crippen LogP) is 1.91. The minimum absolute atomic E-state index is 0.232. The third-order valence-electron chi connectivity index (χ3n) is 6.16. The Bertz CT molecular complexity index is 1170. The molecule has 1 aromatic carbocycles. The van der Waals surface area contributed by atoms with Crippen LogP contribution in [0.15, 0.2) is 29.2 Å². The first kappa shape index (κ1) is 30.9. The number of esters is 4. The molecule has 2 heterocycles. The second kappa shape index (κ2) is 12.7. The van der Waals surface area contributed by atoms with Crippen molar-refractivity contribution in [1.29, 1.82) is 0 Å². The second-order valence-corrected chi connectivity index (χ2v) is 10.6. The zero-order valence-electron chi connectivity index (χ0n) is 22.9. The number of rotatable bonds is 9. The Morgan fingerprint density at radius 1 is 1.02 bits per heavy atom. The summed E-state index contributed by atoms with van der Waals surface area (Å²) in [6.45, 7) is 5.76. The number of ether oxygens (including phenoxy) is 6. The summed E-state index contributed by atoms with van der Waals surface area (Å²) in [5, 5.41) is 0. The highest BCUT2D eigenvalue weighted by molar-refractivity contribution is 8.01. The standard InChI is InChI=1S/C26H31NO12S/c1-13-7-9-18(10-8-13)40-26(24(32)34-6)11-19-21(27(14(2)28)25(33)38-19)23(39-26)22(37-17(5)31)20(36-16(4)30)12-35-15(3)29/h7-10,19-23H,11-12H2,1-6H3/t19-,20-,21-,22-,23?,26+/m1/s1. The number of thioether (sulfide) groups is 1. The van der Waals surface area contributed by atoms with Crippen LogP contribution in [0.1, 0.15) is 39.7 Å². The summed E-state index contributed by atoms with van der Waals surface area (Å²) in [6, 6.07) is 5.94. The Kier molecular flexibility index (Phi) is 9.79. The summed E-state index contributed by atoms with van der Waals surface area (Å²) in [5.74, 6) is -3.91. The maximum atomic E-state index is 13.3. The predicted molar refractivity (Wildman–Crippen MR) is 136 cm³/mol. The molecule has 13 nitrogen and oxygen atoms in total. The fraction of sp³-hybridized carbons (Fsp3) is 0.538. The van der Waals surface area contributed by atoms with Gasteiger partial charge in [0.15, 0.2) is 12.2 Å². The second-order valence-electron chi connectivity index (χ2n) is 9.27. The minimum atomic E-state index is -1.86. The van der Waals surface area contributed by atoms with Crippen molar-refractivity contribution in [2.24, 2.45) is 0 Å². The van der Waals surface area contributed by atoms with Crippen LogP contribution in [0.25, 0.3) is 0 Å². The molecule has 0 N–H and O–H groups in total. The van der Waals surface area contributed by atoms with Crippen molar-refractivity contribution in [3.05, 3.63) is 29.8 Å². The molecule has 40 heavy (non-hydrogen) atoms. The van der Waals surface area contributed by atoms with Crippen LogP contribution in [0.4, 0.5) is 4.79 Å². The number of fused-ring (bicyclic) bond motifs is 1. The molecular formula is C26H31NO12S. The summed E-state index contributed by atoms with van der Waals surface area (Å²) in [6.07, 6.45) is -6.84. The van der Waals surface area contributed by atoms with Crippen LogP contribution in [0.3, 0.4) is 0 Å². The van der Waals surface area contributed by atoms with E-state index in [0.717, 1.165) is 57.0 Å². The van der Waals surface area contributed by atoms with Crippen molar-refractivity contribution in [3.8, 4) is 0 Å². The molecule has 6 atom stereocenters. The number of carbonyl (C=O) groups is 6. The third-order valence-corrected chi connectivity index (χ3v) is 7.43. The van der Waals surface area contributed by atoms with Crippen molar-refractivity contribution in [1.82, 2.24) is 4.90 Å². The molecule has 0 aromatic heterocycles. The maximum Gasteiger partial charge on any atom is 0.417 e. The van der Waals surface area contributed by atoms with Gasteiger partial charge in [0.25, 0.3) is 0 Å².